The van der Waals surface area contributed by atoms with Crippen molar-refractivity contribution >= 4 is 5.91 Å². The first kappa shape index (κ1) is 16.9. The van der Waals surface area contributed by atoms with E-state index < -0.39 is 5.41 Å². The Hall–Kier alpha value is -2.56. The highest BCUT2D eigenvalue weighted by molar-refractivity contribution is 5.88. The summed E-state index contributed by atoms with van der Waals surface area (Å²) in [6.07, 6.45) is 3.35. The first-order chi connectivity index (χ1) is 12.7. The van der Waals surface area contributed by atoms with Crippen LogP contribution in [0.3, 0.4) is 0 Å². The van der Waals surface area contributed by atoms with Crippen LogP contribution in [0, 0.1) is 5.82 Å². The number of ether oxygens (including phenoxy) is 2. The molecule has 0 spiro atoms. The fourth-order valence-corrected chi connectivity index (χ4v) is 3.93. The van der Waals surface area contributed by atoms with Crippen LogP contribution in [0.5, 0.6) is 11.5 Å². The van der Waals surface area contributed by atoms with Crippen LogP contribution in [0.2, 0.25) is 0 Å². The highest BCUT2D eigenvalue weighted by atomic mass is 19.1. The van der Waals surface area contributed by atoms with Crippen LogP contribution in [0.15, 0.2) is 48.5 Å². The third-order valence-corrected chi connectivity index (χ3v) is 5.35. The summed E-state index contributed by atoms with van der Waals surface area (Å²) in [4.78, 5) is 13.0. The Morgan fingerprint density at radius 2 is 1.77 bits per heavy atom. The van der Waals surface area contributed by atoms with Crippen LogP contribution in [0.4, 0.5) is 4.39 Å². The summed E-state index contributed by atoms with van der Waals surface area (Å²) in [7, 11) is 0. The van der Waals surface area contributed by atoms with Gasteiger partial charge in [0.15, 0.2) is 11.5 Å². The fourth-order valence-electron chi connectivity index (χ4n) is 3.93. The van der Waals surface area contributed by atoms with E-state index in [2.05, 4.69) is 5.32 Å². The van der Waals surface area contributed by atoms with Crippen LogP contribution in [-0.4, -0.2) is 25.2 Å². The molecule has 136 valence electrons. The second-order valence-corrected chi connectivity index (χ2v) is 7.00. The average Bonchev–Trinajstić information content (AvgIpc) is 3.17. The Morgan fingerprint density at radius 1 is 1.08 bits per heavy atom. The normalized spacial score (nSPS) is 20.6. The smallest absolute Gasteiger partial charge is 0.230 e. The van der Waals surface area contributed by atoms with Crippen LogP contribution < -0.4 is 14.8 Å². The van der Waals surface area contributed by atoms with Crippen molar-refractivity contribution in [1.82, 2.24) is 5.32 Å². The fraction of sp³-hybridized carbons (Fsp3) is 0.381. The first-order valence-corrected chi connectivity index (χ1v) is 9.10. The minimum absolute atomic E-state index is 0.0101. The van der Waals surface area contributed by atoms with Gasteiger partial charge in [0.25, 0.3) is 0 Å². The van der Waals surface area contributed by atoms with Gasteiger partial charge < -0.3 is 14.8 Å². The quantitative estimate of drug-likeness (QED) is 0.912. The zero-order valence-electron chi connectivity index (χ0n) is 14.5. The van der Waals surface area contributed by atoms with Crippen LogP contribution in [-0.2, 0) is 10.2 Å². The zero-order chi connectivity index (χ0) is 18.0. The lowest BCUT2D eigenvalue weighted by molar-refractivity contribution is -0.127. The maximum atomic E-state index is 13.3. The van der Waals surface area contributed by atoms with Crippen molar-refractivity contribution in [3.8, 4) is 11.5 Å². The predicted molar refractivity (Wildman–Crippen MR) is 95.9 cm³/mol. The molecule has 2 aromatic carbocycles. The number of amides is 1. The number of fused-ring (bicyclic) bond motifs is 1. The molecule has 1 N–H and O–H groups in total. The highest BCUT2D eigenvalue weighted by Crippen LogP contribution is 2.41. The summed E-state index contributed by atoms with van der Waals surface area (Å²) < 4.78 is 24.9. The van der Waals surface area contributed by atoms with E-state index in [4.69, 9.17) is 9.47 Å². The van der Waals surface area contributed by atoms with E-state index in [1.165, 1.54) is 12.1 Å². The van der Waals surface area contributed by atoms with Gasteiger partial charge >= 0.3 is 0 Å². The van der Waals surface area contributed by atoms with Crippen molar-refractivity contribution in [2.75, 3.05) is 13.2 Å². The molecular weight excluding hydrogens is 333 g/mol. The third-order valence-electron chi connectivity index (χ3n) is 5.35. The minimum Gasteiger partial charge on any atom is -0.486 e. The third kappa shape index (κ3) is 3.14. The van der Waals surface area contributed by atoms with E-state index in [0.29, 0.717) is 18.9 Å². The van der Waals surface area contributed by atoms with Gasteiger partial charge in [0.2, 0.25) is 5.91 Å². The van der Waals surface area contributed by atoms with E-state index in [1.54, 1.807) is 12.1 Å². The van der Waals surface area contributed by atoms with E-state index in [1.807, 2.05) is 24.3 Å². The number of benzene rings is 2. The molecule has 4 rings (SSSR count). The number of carbonyl (C=O) groups excluding carboxylic acids is 1. The van der Waals surface area contributed by atoms with Gasteiger partial charge in [-0.25, -0.2) is 4.39 Å². The van der Waals surface area contributed by atoms with Crippen molar-refractivity contribution in [2.24, 2.45) is 0 Å². The molecule has 1 fully saturated rings. The molecule has 5 heteroatoms. The van der Waals surface area contributed by atoms with Crippen LogP contribution in [0.1, 0.15) is 31.2 Å². The molecule has 26 heavy (non-hydrogen) atoms. The molecule has 0 aromatic heterocycles. The van der Waals surface area contributed by atoms with Gasteiger partial charge in [-0.3, -0.25) is 4.79 Å². The van der Waals surface area contributed by atoms with Crippen molar-refractivity contribution in [2.45, 2.75) is 37.2 Å². The predicted octanol–water partition coefficient (Wildman–Crippen LogP) is 3.59. The molecule has 0 radical (unpaired) electrons. The molecule has 4 nitrogen and oxygen atoms in total. The molecule has 1 atom stereocenters. The Balaban J connectivity index is 1.44. The molecule has 2 aliphatic rings. The molecule has 2 aromatic rings. The summed E-state index contributed by atoms with van der Waals surface area (Å²) in [5.74, 6) is 1.14. The topological polar surface area (TPSA) is 47.6 Å². The van der Waals surface area contributed by atoms with Gasteiger partial charge in [0.05, 0.1) is 12.0 Å². The summed E-state index contributed by atoms with van der Waals surface area (Å²) in [6.45, 7) is 0.789. The highest BCUT2D eigenvalue weighted by Gasteiger charge is 2.42. The maximum Gasteiger partial charge on any atom is 0.230 e. The second-order valence-electron chi connectivity index (χ2n) is 7.00. The largest absolute Gasteiger partial charge is 0.486 e. The summed E-state index contributed by atoms with van der Waals surface area (Å²) in [5.41, 5.74) is 0.321. The van der Waals surface area contributed by atoms with Gasteiger partial charge in [-0.15, -0.1) is 0 Å². The van der Waals surface area contributed by atoms with Gasteiger partial charge in [0, 0.05) is 0 Å². The average molecular weight is 355 g/mol. The summed E-state index contributed by atoms with van der Waals surface area (Å²) in [5, 5.41) is 3.04. The summed E-state index contributed by atoms with van der Waals surface area (Å²) in [6, 6.07) is 13.8. The molecule has 1 aliphatic heterocycles. The molecule has 0 bridgehead atoms. The van der Waals surface area contributed by atoms with Gasteiger partial charge in [-0.1, -0.05) is 37.1 Å². The number of hydrogen-bond donors (Lipinski definition) is 1. The molecule has 1 saturated carbocycles. The number of rotatable bonds is 4. The number of nitrogens with one attached hydrogen (secondary N) is 1. The van der Waals surface area contributed by atoms with Gasteiger partial charge in [-0.05, 0) is 42.7 Å². The monoisotopic (exact) mass is 355 g/mol. The van der Waals surface area contributed by atoms with E-state index in [-0.39, 0.29) is 17.8 Å². The first-order valence-electron chi connectivity index (χ1n) is 9.10. The standard InChI is InChI=1S/C21H22FNO3/c22-16-9-7-15(8-10-16)21(11-3-4-12-21)20(24)23-13-17-14-25-18-5-1-2-6-19(18)26-17/h1-2,5-10,17H,3-4,11-14H2,(H,23,24). The van der Waals surface area contributed by atoms with Gasteiger partial charge in [0.1, 0.15) is 18.5 Å². The molecule has 1 unspecified atom stereocenters. The number of carbonyl (C=O) groups is 1. The molecular formula is C21H22FNO3. The molecule has 1 amide bonds. The second kappa shape index (κ2) is 6.98. The van der Waals surface area contributed by atoms with E-state index in [9.17, 15) is 9.18 Å². The van der Waals surface area contributed by atoms with Gasteiger partial charge in [-0.2, -0.15) is 0 Å². The lowest BCUT2D eigenvalue weighted by Crippen LogP contribution is -2.47. The zero-order valence-corrected chi connectivity index (χ0v) is 14.5. The Morgan fingerprint density at radius 3 is 2.50 bits per heavy atom. The minimum atomic E-state index is -0.568. The SMILES string of the molecule is O=C(NCC1COc2ccccc2O1)C1(c2ccc(F)cc2)CCCC1. The van der Waals surface area contributed by atoms with E-state index in [0.717, 1.165) is 37.0 Å². The number of para-hydroxylation sites is 2. The van der Waals surface area contributed by atoms with E-state index >= 15 is 0 Å². The molecule has 1 heterocycles. The Bertz CT molecular complexity index is 784. The maximum absolute atomic E-state index is 13.3. The van der Waals surface area contributed by atoms with Crippen molar-refractivity contribution < 1.29 is 18.7 Å². The van der Waals surface area contributed by atoms with Crippen molar-refractivity contribution in [3.05, 3.63) is 59.9 Å². The summed E-state index contributed by atoms with van der Waals surface area (Å²) >= 11 is 0. The van der Waals surface area contributed by atoms with Crippen LogP contribution in [0.25, 0.3) is 0 Å². The molecule has 1 aliphatic carbocycles. The number of halogens is 1. The number of hydrogen-bond acceptors (Lipinski definition) is 3. The lowest BCUT2D eigenvalue weighted by atomic mass is 9.78. The lowest BCUT2D eigenvalue weighted by Gasteiger charge is -2.31. The van der Waals surface area contributed by atoms with Crippen LogP contribution >= 0.6 is 0 Å². The van der Waals surface area contributed by atoms with Crippen molar-refractivity contribution in [3.63, 3.8) is 0 Å². The Kier molecular flexibility index (Phi) is 4.53. The Labute approximate surface area is 152 Å². The van der Waals surface area contributed by atoms with Crippen molar-refractivity contribution in [1.29, 1.82) is 0 Å². The molecule has 0 saturated heterocycles.